The highest BCUT2D eigenvalue weighted by Gasteiger charge is 2.44. The molecular weight excluding hydrogens is 795 g/mol. The third-order valence-corrected chi connectivity index (χ3v) is 15.7. The Morgan fingerprint density at radius 3 is 1.62 bits per heavy atom. The Hall–Kier alpha value is -7.48. The molecule has 1 fully saturated rings. The first-order chi connectivity index (χ1) is 32.5. The van der Waals surface area contributed by atoms with Crippen LogP contribution in [0.2, 0.25) is 0 Å². The molecule has 0 N–H and O–H groups in total. The summed E-state index contributed by atoms with van der Waals surface area (Å²) in [6, 6.07) is 80.0. The number of anilines is 3. The van der Waals surface area contributed by atoms with Crippen LogP contribution in [-0.2, 0) is 10.8 Å². The van der Waals surface area contributed by atoms with E-state index in [1.54, 1.807) is 0 Å². The number of benzene rings is 10. The standard InChI is InChI=1S/C65H51N/c1-64(2)60-23-10-8-20-56(60)59-22-14-21-58(63(59)64)54-18-7-6-17-52(54)45-29-34-49(35-30-45)66(50-36-38-57-55-19-9-11-24-61(55)65(62(57)42-50)39-12-3-13-40-65)48-32-27-43(28-33-48)46-31-37-53-47(41-46)26-25-44-15-4-5-16-51(44)53/h4-11,14-38,41-42H,3,12-13,39-40H2,1-2H3. The van der Waals surface area contributed by atoms with Crippen LogP contribution in [0.4, 0.5) is 17.1 Å². The highest BCUT2D eigenvalue weighted by Crippen LogP contribution is 2.57. The molecular formula is C65H51N. The second-order valence-electron chi connectivity index (χ2n) is 19.5. The predicted octanol–water partition coefficient (Wildman–Crippen LogP) is 18.0. The van der Waals surface area contributed by atoms with Crippen molar-refractivity contribution in [1.82, 2.24) is 0 Å². The van der Waals surface area contributed by atoms with Crippen LogP contribution in [0.3, 0.4) is 0 Å². The van der Waals surface area contributed by atoms with Crippen molar-refractivity contribution in [2.24, 2.45) is 0 Å². The van der Waals surface area contributed by atoms with Gasteiger partial charge < -0.3 is 4.90 Å². The van der Waals surface area contributed by atoms with E-state index < -0.39 is 0 Å². The summed E-state index contributed by atoms with van der Waals surface area (Å²) >= 11 is 0. The molecule has 10 aromatic rings. The minimum Gasteiger partial charge on any atom is -0.310 e. The normalized spacial score (nSPS) is 15.1. The van der Waals surface area contributed by atoms with Gasteiger partial charge >= 0.3 is 0 Å². The zero-order valence-electron chi connectivity index (χ0n) is 37.7. The Balaban J connectivity index is 0.917. The molecule has 1 nitrogen and oxygen atoms in total. The molecule has 0 atom stereocenters. The molecule has 66 heavy (non-hydrogen) atoms. The Kier molecular flexibility index (Phi) is 8.87. The molecule has 0 saturated heterocycles. The van der Waals surface area contributed by atoms with Crippen molar-refractivity contribution in [3.05, 3.63) is 235 Å². The third-order valence-electron chi connectivity index (χ3n) is 15.7. The molecule has 0 heterocycles. The Labute approximate surface area is 388 Å². The van der Waals surface area contributed by atoms with Gasteiger partial charge in [-0.15, -0.1) is 0 Å². The van der Waals surface area contributed by atoms with Gasteiger partial charge in [-0.1, -0.05) is 203 Å². The zero-order valence-corrected chi connectivity index (χ0v) is 37.7. The summed E-state index contributed by atoms with van der Waals surface area (Å²) in [6.45, 7) is 4.77. The lowest BCUT2D eigenvalue weighted by molar-refractivity contribution is 0.353. The highest BCUT2D eigenvalue weighted by molar-refractivity contribution is 6.08. The van der Waals surface area contributed by atoms with E-state index in [2.05, 4.69) is 231 Å². The van der Waals surface area contributed by atoms with Crippen LogP contribution >= 0.6 is 0 Å². The number of rotatable bonds is 6. The van der Waals surface area contributed by atoms with Crippen LogP contribution in [0.25, 0.3) is 77.2 Å². The van der Waals surface area contributed by atoms with Crippen LogP contribution in [0.15, 0.2) is 212 Å². The van der Waals surface area contributed by atoms with Gasteiger partial charge in [0, 0.05) is 27.9 Å². The maximum atomic E-state index is 2.54. The summed E-state index contributed by atoms with van der Waals surface area (Å²) in [5.74, 6) is 0. The lowest BCUT2D eigenvalue weighted by Gasteiger charge is -2.36. The van der Waals surface area contributed by atoms with Gasteiger partial charge in [-0.05, 0) is 155 Å². The SMILES string of the molecule is CC1(C)c2ccccc2-c2cccc(-c3ccccc3-c3ccc(N(c4ccc(-c5ccc6c(ccc7ccccc76)c5)cc4)c4ccc5c(c4)C4(CCCCC4)c4ccccc4-5)cc3)c21. The van der Waals surface area contributed by atoms with E-state index in [0.29, 0.717) is 0 Å². The van der Waals surface area contributed by atoms with E-state index in [4.69, 9.17) is 0 Å². The molecule has 1 saturated carbocycles. The smallest absolute Gasteiger partial charge is 0.0465 e. The Morgan fingerprint density at radius 2 is 0.864 bits per heavy atom. The van der Waals surface area contributed by atoms with Crippen molar-refractivity contribution in [2.45, 2.75) is 56.8 Å². The third kappa shape index (κ3) is 5.92. The monoisotopic (exact) mass is 845 g/mol. The van der Waals surface area contributed by atoms with E-state index in [1.165, 1.54) is 137 Å². The van der Waals surface area contributed by atoms with Crippen LogP contribution < -0.4 is 4.90 Å². The summed E-state index contributed by atoms with van der Waals surface area (Å²) in [5.41, 5.74) is 22.3. The average Bonchev–Trinajstić information content (AvgIpc) is 3.78. The number of hydrogen-bond donors (Lipinski definition) is 0. The van der Waals surface area contributed by atoms with Gasteiger partial charge in [0.2, 0.25) is 0 Å². The van der Waals surface area contributed by atoms with Gasteiger partial charge in [-0.25, -0.2) is 0 Å². The minimum absolute atomic E-state index is 0.0677. The van der Waals surface area contributed by atoms with Gasteiger partial charge in [-0.3, -0.25) is 0 Å². The van der Waals surface area contributed by atoms with E-state index in [1.807, 2.05) is 0 Å². The molecule has 1 heteroatoms. The molecule has 1 spiro atoms. The quantitative estimate of drug-likeness (QED) is 0.151. The van der Waals surface area contributed by atoms with E-state index in [0.717, 1.165) is 11.4 Å². The second-order valence-corrected chi connectivity index (χ2v) is 19.5. The maximum Gasteiger partial charge on any atom is 0.0465 e. The Morgan fingerprint density at radius 1 is 0.333 bits per heavy atom. The topological polar surface area (TPSA) is 3.24 Å². The van der Waals surface area contributed by atoms with Crippen LogP contribution in [0.1, 0.15) is 68.2 Å². The Bertz CT molecular complexity index is 3530. The lowest BCUT2D eigenvalue weighted by atomic mass is 9.68. The molecule has 0 aliphatic heterocycles. The number of fused-ring (bicyclic) bond motifs is 11. The molecule has 0 amide bonds. The summed E-state index contributed by atoms with van der Waals surface area (Å²) < 4.78 is 0. The van der Waals surface area contributed by atoms with Crippen molar-refractivity contribution in [2.75, 3.05) is 4.90 Å². The largest absolute Gasteiger partial charge is 0.310 e. The fraction of sp³-hybridized carbons (Fsp3) is 0.138. The van der Waals surface area contributed by atoms with Crippen molar-refractivity contribution in [3.8, 4) is 55.6 Å². The molecule has 10 aromatic carbocycles. The molecule has 316 valence electrons. The van der Waals surface area contributed by atoms with Gasteiger partial charge in [-0.2, -0.15) is 0 Å². The highest BCUT2D eigenvalue weighted by atomic mass is 15.1. The van der Waals surface area contributed by atoms with Crippen molar-refractivity contribution in [1.29, 1.82) is 0 Å². The number of hydrogen-bond acceptors (Lipinski definition) is 1. The van der Waals surface area contributed by atoms with Gasteiger partial charge in [0.15, 0.2) is 0 Å². The van der Waals surface area contributed by atoms with Gasteiger partial charge in [0.05, 0.1) is 0 Å². The molecule has 3 aliphatic rings. The van der Waals surface area contributed by atoms with Crippen LogP contribution in [0.5, 0.6) is 0 Å². The van der Waals surface area contributed by atoms with E-state index >= 15 is 0 Å². The first kappa shape index (κ1) is 38.9. The zero-order chi connectivity index (χ0) is 44.0. The summed E-state index contributed by atoms with van der Waals surface area (Å²) in [4.78, 5) is 2.48. The molecule has 0 aromatic heterocycles. The molecule has 0 radical (unpaired) electrons. The molecule has 3 aliphatic carbocycles. The van der Waals surface area contributed by atoms with Crippen molar-refractivity contribution < 1.29 is 0 Å². The molecule has 13 rings (SSSR count). The first-order valence-corrected chi connectivity index (χ1v) is 24.0. The van der Waals surface area contributed by atoms with E-state index in [-0.39, 0.29) is 10.8 Å². The van der Waals surface area contributed by atoms with Crippen LogP contribution in [-0.4, -0.2) is 0 Å². The summed E-state index contributed by atoms with van der Waals surface area (Å²) in [5, 5.41) is 5.13. The van der Waals surface area contributed by atoms with Crippen molar-refractivity contribution in [3.63, 3.8) is 0 Å². The second kappa shape index (κ2) is 15.0. The summed E-state index contributed by atoms with van der Waals surface area (Å²) in [7, 11) is 0. The van der Waals surface area contributed by atoms with Gasteiger partial charge in [0.25, 0.3) is 0 Å². The fourth-order valence-electron chi connectivity index (χ4n) is 12.6. The average molecular weight is 846 g/mol. The molecule has 0 unspecified atom stereocenters. The predicted molar refractivity (Wildman–Crippen MR) is 279 cm³/mol. The van der Waals surface area contributed by atoms with E-state index in [9.17, 15) is 0 Å². The first-order valence-electron chi connectivity index (χ1n) is 24.0. The maximum absolute atomic E-state index is 2.54. The number of nitrogens with zero attached hydrogens (tertiary/aromatic N) is 1. The van der Waals surface area contributed by atoms with Crippen molar-refractivity contribution >= 4 is 38.6 Å². The fourth-order valence-corrected chi connectivity index (χ4v) is 12.6. The van der Waals surface area contributed by atoms with Crippen LogP contribution in [0, 0.1) is 0 Å². The van der Waals surface area contributed by atoms with Gasteiger partial charge in [0.1, 0.15) is 0 Å². The minimum atomic E-state index is -0.105. The molecule has 0 bridgehead atoms. The summed E-state index contributed by atoms with van der Waals surface area (Å²) in [6.07, 6.45) is 6.27. The lowest BCUT2D eigenvalue weighted by Crippen LogP contribution is -2.28.